The largest absolute Gasteiger partial charge is 0.503 e. The molecule has 0 spiro atoms. The summed E-state index contributed by atoms with van der Waals surface area (Å²) in [6.07, 6.45) is 1.06. The molecule has 0 aliphatic carbocycles. The van der Waals surface area contributed by atoms with Gasteiger partial charge in [-0.2, -0.15) is 0 Å². The molecule has 7 heteroatoms. The maximum absolute atomic E-state index is 9.92. The normalized spacial score (nSPS) is 16.4. The molecule has 1 aliphatic rings. The Kier molecular flexibility index (Phi) is 10.3. The van der Waals surface area contributed by atoms with Gasteiger partial charge in [0.15, 0.2) is 11.5 Å². The number of methoxy groups -OCH3 is 1. The van der Waals surface area contributed by atoms with Gasteiger partial charge in [0.1, 0.15) is 0 Å². The molecule has 134 valence electrons. The van der Waals surface area contributed by atoms with Crippen molar-refractivity contribution in [3.63, 3.8) is 0 Å². The van der Waals surface area contributed by atoms with E-state index in [1.54, 1.807) is 7.11 Å². The second-order valence-electron chi connectivity index (χ2n) is 5.98. The summed E-state index contributed by atoms with van der Waals surface area (Å²) in [6, 6.07) is 4.09. The molecule has 0 radical (unpaired) electrons. The lowest BCUT2D eigenvalue weighted by molar-refractivity contribution is 0.154. The van der Waals surface area contributed by atoms with Crippen molar-refractivity contribution in [1.82, 2.24) is 10.2 Å². The molecule has 23 heavy (non-hydrogen) atoms. The van der Waals surface area contributed by atoms with Gasteiger partial charge >= 0.3 is 0 Å². The summed E-state index contributed by atoms with van der Waals surface area (Å²) >= 11 is 6.16. The van der Waals surface area contributed by atoms with Crippen molar-refractivity contribution in [1.29, 1.82) is 0 Å². The molecule has 0 unspecified atom stereocenters. The van der Waals surface area contributed by atoms with Crippen LogP contribution in [0.4, 0.5) is 0 Å². The molecule has 1 saturated heterocycles. The molecular weight excluding hydrogens is 359 g/mol. The highest BCUT2D eigenvalue weighted by molar-refractivity contribution is 6.32. The van der Waals surface area contributed by atoms with Crippen molar-refractivity contribution in [2.75, 3.05) is 33.3 Å². The average Bonchev–Trinajstić information content (AvgIpc) is 2.48. The Hall–Kier alpha value is -0.390. The van der Waals surface area contributed by atoms with Crippen molar-refractivity contribution in [3.8, 4) is 11.5 Å². The molecule has 2 N–H and O–H groups in total. The minimum atomic E-state index is 0. The number of aromatic hydroxyl groups is 1. The number of nitrogens with one attached hydrogen (secondary N) is 1. The van der Waals surface area contributed by atoms with Gasteiger partial charge in [-0.15, -0.1) is 24.8 Å². The third-order valence-corrected chi connectivity index (χ3v) is 4.23. The minimum absolute atomic E-state index is 0. The maximum Gasteiger partial charge on any atom is 0.176 e. The number of halogens is 3. The number of phenols is 1. The van der Waals surface area contributed by atoms with Gasteiger partial charge in [-0.25, -0.2) is 0 Å². The molecule has 0 amide bonds. The van der Waals surface area contributed by atoms with Gasteiger partial charge in [0.05, 0.1) is 12.1 Å². The topological polar surface area (TPSA) is 44.7 Å². The molecule has 1 fully saturated rings. The van der Waals surface area contributed by atoms with Crippen LogP contribution in [0.1, 0.15) is 31.9 Å². The molecule has 1 aliphatic heterocycles. The molecule has 1 heterocycles. The highest BCUT2D eigenvalue weighted by Crippen LogP contribution is 2.39. The molecule has 0 aromatic heterocycles. The zero-order valence-electron chi connectivity index (χ0n) is 13.8. The van der Waals surface area contributed by atoms with E-state index in [1.807, 2.05) is 12.1 Å². The number of rotatable bonds is 5. The third kappa shape index (κ3) is 5.87. The Morgan fingerprint density at radius 1 is 1.26 bits per heavy atom. The zero-order chi connectivity index (χ0) is 15.4. The van der Waals surface area contributed by atoms with Crippen LogP contribution < -0.4 is 10.1 Å². The van der Waals surface area contributed by atoms with Gasteiger partial charge in [0, 0.05) is 32.2 Å². The fourth-order valence-electron chi connectivity index (χ4n) is 2.88. The van der Waals surface area contributed by atoms with Gasteiger partial charge in [0.2, 0.25) is 0 Å². The molecule has 1 aromatic rings. The number of hydrogen-bond donors (Lipinski definition) is 2. The fraction of sp³-hybridized carbons (Fsp3) is 0.625. The van der Waals surface area contributed by atoms with E-state index >= 15 is 0 Å². The number of hydrogen-bond acceptors (Lipinski definition) is 4. The summed E-state index contributed by atoms with van der Waals surface area (Å²) < 4.78 is 5.24. The summed E-state index contributed by atoms with van der Waals surface area (Å²) in [5, 5.41) is 13.7. The van der Waals surface area contributed by atoms with Crippen molar-refractivity contribution >= 4 is 36.4 Å². The molecule has 2 rings (SSSR count). The highest BCUT2D eigenvalue weighted by Gasteiger charge is 2.25. The summed E-state index contributed by atoms with van der Waals surface area (Å²) in [5.74, 6) is 1.05. The smallest absolute Gasteiger partial charge is 0.176 e. The second kappa shape index (κ2) is 10.5. The Morgan fingerprint density at radius 2 is 1.87 bits per heavy atom. The van der Waals surface area contributed by atoms with Crippen LogP contribution in [0.3, 0.4) is 0 Å². The predicted octanol–water partition coefficient (Wildman–Crippen LogP) is 3.89. The van der Waals surface area contributed by atoms with Crippen LogP contribution in [0.5, 0.6) is 11.5 Å². The molecule has 4 nitrogen and oxygen atoms in total. The van der Waals surface area contributed by atoms with Crippen molar-refractivity contribution < 1.29 is 9.84 Å². The van der Waals surface area contributed by atoms with Crippen LogP contribution in [0.25, 0.3) is 0 Å². The van der Waals surface area contributed by atoms with Crippen LogP contribution in [-0.2, 0) is 0 Å². The summed E-state index contributed by atoms with van der Waals surface area (Å²) in [7, 11) is 1.55. The maximum atomic E-state index is 9.92. The molecule has 0 saturated carbocycles. The van der Waals surface area contributed by atoms with Gasteiger partial charge in [0.25, 0.3) is 0 Å². The number of phenolic OH excluding ortho intramolecular Hbond substituents is 1. The first-order valence-electron chi connectivity index (χ1n) is 7.54. The van der Waals surface area contributed by atoms with Crippen molar-refractivity contribution in [2.45, 2.75) is 26.3 Å². The Morgan fingerprint density at radius 3 is 2.39 bits per heavy atom. The Bertz CT molecular complexity index is 481. The third-order valence-electron chi connectivity index (χ3n) is 3.94. The number of benzene rings is 1. The van der Waals surface area contributed by atoms with Crippen LogP contribution >= 0.6 is 36.4 Å². The van der Waals surface area contributed by atoms with E-state index < -0.39 is 0 Å². The molecule has 1 aromatic carbocycles. The Balaban J connectivity index is 0.00000242. The predicted molar refractivity (Wildman–Crippen MR) is 101 cm³/mol. The lowest BCUT2D eigenvalue weighted by Crippen LogP contribution is -2.45. The summed E-state index contributed by atoms with van der Waals surface area (Å²) in [6.45, 7) is 8.54. The number of ether oxygens (including phenoxy) is 1. The molecular formula is C16H27Cl3N2O2. The van der Waals surface area contributed by atoms with Crippen molar-refractivity contribution in [2.24, 2.45) is 5.92 Å². The van der Waals surface area contributed by atoms with Gasteiger partial charge in [-0.3, -0.25) is 4.90 Å². The molecule has 1 atom stereocenters. The van der Waals surface area contributed by atoms with E-state index in [0.29, 0.717) is 22.7 Å². The quantitative estimate of drug-likeness (QED) is 0.807. The standard InChI is InChI=1S/C16H25ClN2O2.2ClH/c1-11(2)8-14(19-6-4-18-5-7-19)12-9-13(17)16(20)15(10-12)21-3;;/h9-11,14,18,20H,4-8H2,1-3H3;2*1H/t14-;;/m1../s1. The average molecular weight is 386 g/mol. The molecule has 0 bridgehead atoms. The van der Waals surface area contributed by atoms with Crippen LogP contribution in [0, 0.1) is 5.92 Å². The highest BCUT2D eigenvalue weighted by atomic mass is 35.5. The first-order valence-corrected chi connectivity index (χ1v) is 7.92. The van der Waals surface area contributed by atoms with E-state index in [4.69, 9.17) is 16.3 Å². The monoisotopic (exact) mass is 384 g/mol. The fourth-order valence-corrected chi connectivity index (χ4v) is 3.10. The van der Waals surface area contributed by atoms with Crippen LogP contribution in [0.2, 0.25) is 5.02 Å². The van der Waals surface area contributed by atoms with Gasteiger partial charge in [-0.1, -0.05) is 25.4 Å². The van der Waals surface area contributed by atoms with E-state index in [2.05, 4.69) is 24.1 Å². The minimum Gasteiger partial charge on any atom is -0.503 e. The van der Waals surface area contributed by atoms with E-state index in [1.165, 1.54) is 0 Å². The van der Waals surface area contributed by atoms with Crippen LogP contribution in [0.15, 0.2) is 12.1 Å². The number of nitrogens with zero attached hydrogens (tertiary/aromatic N) is 1. The summed E-state index contributed by atoms with van der Waals surface area (Å²) in [4.78, 5) is 2.48. The van der Waals surface area contributed by atoms with E-state index in [9.17, 15) is 5.11 Å². The SMILES string of the molecule is COc1cc([C@@H](CC(C)C)N2CCNCC2)cc(Cl)c1O.Cl.Cl. The van der Waals surface area contributed by atoms with E-state index in [-0.39, 0.29) is 30.6 Å². The zero-order valence-corrected chi connectivity index (χ0v) is 16.2. The first kappa shape index (κ1) is 22.6. The summed E-state index contributed by atoms with van der Waals surface area (Å²) in [5.41, 5.74) is 1.12. The lowest BCUT2D eigenvalue weighted by atomic mass is 9.94. The van der Waals surface area contributed by atoms with Gasteiger partial charge < -0.3 is 15.2 Å². The van der Waals surface area contributed by atoms with Crippen LogP contribution in [-0.4, -0.2) is 43.3 Å². The lowest BCUT2D eigenvalue weighted by Gasteiger charge is -2.36. The van der Waals surface area contributed by atoms with Crippen molar-refractivity contribution in [3.05, 3.63) is 22.7 Å². The van der Waals surface area contributed by atoms with E-state index in [0.717, 1.165) is 38.2 Å². The first-order chi connectivity index (χ1) is 10.0. The second-order valence-corrected chi connectivity index (χ2v) is 6.39. The number of piperazine rings is 1. The van der Waals surface area contributed by atoms with Gasteiger partial charge in [-0.05, 0) is 30.0 Å². The Labute approximate surface area is 156 Å².